The summed E-state index contributed by atoms with van der Waals surface area (Å²) in [7, 11) is 0. The molecular formula is C48H32N10O10S. The number of carbonyl (C=O) groups is 1. The first-order valence-electron chi connectivity index (χ1n) is 21.9. The molecule has 69 heavy (non-hydrogen) atoms. The molecule has 0 bridgehead atoms. The molecule has 13 heterocycles. The van der Waals surface area contributed by atoms with Crippen LogP contribution in [-0.2, 0) is 4.79 Å². The fourth-order valence-corrected chi connectivity index (χ4v) is 9.59. The number of fused-ring (bicyclic) bond motifs is 7. The Labute approximate surface area is 392 Å². The molecular weight excluding hydrogens is 909 g/mol. The van der Waals surface area contributed by atoms with Crippen LogP contribution in [0.2, 0.25) is 0 Å². The van der Waals surface area contributed by atoms with Gasteiger partial charge in [-0.2, -0.15) is 0 Å². The highest BCUT2D eigenvalue weighted by Crippen LogP contribution is 2.54. The molecule has 3 atom stereocenters. The highest BCUT2D eigenvalue weighted by Gasteiger charge is 2.43. The molecule has 1 N–H and O–H groups in total. The smallest absolute Gasteiger partial charge is 0.277 e. The lowest BCUT2D eigenvalue weighted by Gasteiger charge is -2.37. The Morgan fingerprint density at radius 1 is 0.652 bits per heavy atom. The van der Waals surface area contributed by atoms with Gasteiger partial charge in [-0.15, -0.1) is 5.10 Å². The Morgan fingerprint density at radius 2 is 1.48 bits per heavy atom. The van der Waals surface area contributed by atoms with Gasteiger partial charge in [-0.25, -0.2) is 24.9 Å². The molecule has 0 spiro atoms. The van der Waals surface area contributed by atoms with E-state index in [1.807, 2.05) is 24.3 Å². The number of pyridine rings is 6. The summed E-state index contributed by atoms with van der Waals surface area (Å²) in [6, 6.07) is 20.1. The quantitative estimate of drug-likeness (QED) is 0.173. The molecule has 5 aliphatic heterocycles. The van der Waals surface area contributed by atoms with Crippen molar-refractivity contribution in [2.75, 3.05) is 44.5 Å². The molecule has 14 rings (SSSR count). The molecule has 0 aliphatic carbocycles. The Bertz CT molecular complexity index is 3540. The predicted molar refractivity (Wildman–Crippen MR) is 243 cm³/mol. The molecule has 340 valence electrons. The van der Waals surface area contributed by atoms with Crippen molar-refractivity contribution in [1.29, 1.82) is 0 Å². The predicted octanol–water partition coefficient (Wildman–Crippen LogP) is 7.24. The second-order valence-electron chi connectivity index (χ2n) is 16.3. The number of carbonyl (C=O) groups excluding carboxylic acids is 1. The zero-order chi connectivity index (χ0) is 45.6. The Kier molecular flexibility index (Phi) is 8.90. The number of H-pyrrole nitrogens is 1. The van der Waals surface area contributed by atoms with Crippen molar-refractivity contribution < 1.29 is 47.4 Å². The number of ether oxygens (including phenoxy) is 9. The molecule has 0 saturated carbocycles. The van der Waals surface area contributed by atoms with E-state index in [1.54, 1.807) is 78.3 Å². The minimum Gasteiger partial charge on any atom is -0.486 e. The van der Waals surface area contributed by atoms with Gasteiger partial charge in [0.2, 0.25) is 12.0 Å². The van der Waals surface area contributed by atoms with Crippen LogP contribution >= 0.6 is 11.5 Å². The molecule has 9 aromatic rings. The second kappa shape index (κ2) is 15.6. The minimum atomic E-state index is -1.10. The van der Waals surface area contributed by atoms with Gasteiger partial charge >= 0.3 is 0 Å². The first-order valence-corrected chi connectivity index (χ1v) is 22.7. The van der Waals surface area contributed by atoms with E-state index in [4.69, 9.17) is 57.6 Å². The summed E-state index contributed by atoms with van der Waals surface area (Å²) < 4.78 is 61.2. The third-order valence-corrected chi connectivity index (χ3v) is 12.8. The van der Waals surface area contributed by atoms with E-state index < -0.39 is 24.2 Å². The van der Waals surface area contributed by atoms with Crippen LogP contribution in [-0.4, -0.2) is 90.0 Å². The molecule has 0 fully saturated rings. The van der Waals surface area contributed by atoms with E-state index in [-0.39, 0.29) is 37.5 Å². The van der Waals surface area contributed by atoms with Crippen LogP contribution in [0.4, 0.5) is 11.4 Å². The molecule has 0 radical (unpaired) electrons. The third kappa shape index (κ3) is 6.52. The number of nitrogens with one attached hydrogen (secondary N) is 1. The van der Waals surface area contributed by atoms with Crippen molar-refractivity contribution >= 4 is 50.2 Å². The number of aromatic amines is 1. The first-order chi connectivity index (χ1) is 34.1. The van der Waals surface area contributed by atoms with Gasteiger partial charge in [-0.1, -0.05) is 4.49 Å². The lowest BCUT2D eigenvalue weighted by atomic mass is 9.93. The summed E-state index contributed by atoms with van der Waals surface area (Å²) in [4.78, 5) is 48.6. The van der Waals surface area contributed by atoms with Crippen LogP contribution in [0.25, 0.3) is 43.9 Å². The SMILES string of the molecule is O=C1C(c2cnc3snnc3c2)Oc2ncccc2N1c1ccc2c(c1)OC(c1cnc3c(c1-c1cc(-c4cc5cccnc5[nH]4)c4c(n1)OCCO4)OCCO3)C(c1cc3c(cn1)OCCO3)O2. The Balaban J connectivity index is 0.928. The lowest BCUT2D eigenvalue weighted by molar-refractivity contribution is -0.126. The van der Waals surface area contributed by atoms with Crippen LogP contribution in [0.1, 0.15) is 35.1 Å². The summed E-state index contributed by atoms with van der Waals surface area (Å²) in [5, 5.41) is 5.08. The minimum absolute atomic E-state index is 0.243. The maximum absolute atomic E-state index is 14.7. The molecule has 1 amide bonds. The average Bonchev–Trinajstić information content (AvgIpc) is 4.07. The van der Waals surface area contributed by atoms with E-state index in [2.05, 4.69) is 29.5 Å². The highest BCUT2D eigenvalue weighted by atomic mass is 32.1. The molecule has 1 aromatic carbocycles. The number of nitrogens with zero attached hydrogens (tertiary/aromatic N) is 9. The number of aromatic nitrogens is 9. The maximum atomic E-state index is 14.7. The van der Waals surface area contributed by atoms with Crippen LogP contribution in [0.15, 0.2) is 97.7 Å². The molecule has 8 aromatic heterocycles. The molecule has 5 aliphatic rings. The Morgan fingerprint density at radius 3 is 2.41 bits per heavy atom. The fraction of sp³-hybridized carbons (Fsp3) is 0.188. The van der Waals surface area contributed by atoms with Crippen LogP contribution in [0.3, 0.4) is 0 Å². The number of hydrogen-bond acceptors (Lipinski definition) is 19. The largest absolute Gasteiger partial charge is 0.486 e. The number of amides is 1. The monoisotopic (exact) mass is 940 g/mol. The molecule has 20 nitrogen and oxygen atoms in total. The number of benzene rings is 1. The zero-order valence-electron chi connectivity index (χ0n) is 35.7. The van der Waals surface area contributed by atoms with Crippen LogP contribution in [0.5, 0.6) is 52.1 Å². The van der Waals surface area contributed by atoms with E-state index in [0.717, 1.165) is 22.6 Å². The van der Waals surface area contributed by atoms with E-state index >= 15 is 0 Å². The van der Waals surface area contributed by atoms with Gasteiger partial charge in [0.05, 0.1) is 34.5 Å². The number of rotatable bonds is 6. The van der Waals surface area contributed by atoms with Gasteiger partial charge in [0.1, 0.15) is 56.5 Å². The van der Waals surface area contributed by atoms with Crippen LogP contribution in [0, 0.1) is 0 Å². The highest BCUT2D eigenvalue weighted by molar-refractivity contribution is 7.12. The summed E-state index contributed by atoms with van der Waals surface area (Å²) in [6.45, 7) is 1.91. The van der Waals surface area contributed by atoms with Gasteiger partial charge in [-0.05, 0) is 54.6 Å². The van der Waals surface area contributed by atoms with E-state index in [1.165, 1.54) is 0 Å². The maximum Gasteiger partial charge on any atom is 0.277 e. The van der Waals surface area contributed by atoms with Crippen LogP contribution < -0.4 is 47.5 Å². The topological polar surface area (TPSA) is 222 Å². The van der Waals surface area contributed by atoms with Gasteiger partial charge in [0.25, 0.3) is 17.7 Å². The number of anilines is 2. The molecule has 0 saturated heterocycles. The standard InChI is InChI=1S/C48H32N10O10S/c59-48-38(24-16-31-47(53-20-24)69-57-56-31)68-44-32(4-2-8-50-44)58(48)25-5-6-33-35(17-25)67-39(41(66-33)30-19-34-36(22-51-30)61-10-9-60-34)27-21-52-45-42(63-12-13-64-45)37(27)29-18-26(40-46(55-29)65-14-11-62-40)28-15-23-3-1-7-49-43(23)54-28/h1-8,15-22,38-39,41H,9-14H2,(H,49,54). The molecule has 21 heteroatoms. The van der Waals surface area contributed by atoms with Gasteiger partial charge in [-0.3, -0.25) is 14.7 Å². The summed E-state index contributed by atoms with van der Waals surface area (Å²) in [5.41, 5.74) is 6.00. The summed E-state index contributed by atoms with van der Waals surface area (Å²) >= 11 is 1.16. The van der Waals surface area contributed by atoms with Crippen molar-refractivity contribution in [2.45, 2.75) is 18.3 Å². The molecule has 3 unspecified atom stereocenters. The van der Waals surface area contributed by atoms with Gasteiger partial charge in [0.15, 0.2) is 51.5 Å². The third-order valence-electron chi connectivity index (χ3n) is 12.2. The van der Waals surface area contributed by atoms with Gasteiger partial charge < -0.3 is 47.6 Å². The van der Waals surface area contributed by atoms with Crippen molar-refractivity contribution in [3.63, 3.8) is 0 Å². The van der Waals surface area contributed by atoms with Crippen molar-refractivity contribution in [2.24, 2.45) is 0 Å². The second-order valence-corrected chi connectivity index (χ2v) is 17.0. The van der Waals surface area contributed by atoms with E-state index in [0.29, 0.717) is 115 Å². The lowest BCUT2D eigenvalue weighted by Crippen LogP contribution is -2.38. The van der Waals surface area contributed by atoms with Gasteiger partial charge in [0, 0.05) is 70.5 Å². The van der Waals surface area contributed by atoms with Crippen molar-refractivity contribution in [3.8, 4) is 74.7 Å². The normalized spacial score (nSPS) is 18.7. The van der Waals surface area contributed by atoms with Crippen molar-refractivity contribution in [1.82, 2.24) is 44.5 Å². The van der Waals surface area contributed by atoms with E-state index in [9.17, 15) is 4.79 Å². The first kappa shape index (κ1) is 39.3. The average molecular weight is 941 g/mol. The summed E-state index contributed by atoms with van der Waals surface area (Å²) in [6.07, 6.45) is 5.19. The number of hydrogen-bond donors (Lipinski definition) is 1. The summed E-state index contributed by atoms with van der Waals surface area (Å²) in [5.74, 6) is 2.95. The van der Waals surface area contributed by atoms with Crippen molar-refractivity contribution in [3.05, 3.63) is 115 Å². The fourth-order valence-electron chi connectivity index (χ4n) is 9.10. The zero-order valence-corrected chi connectivity index (χ0v) is 36.5. The Hall–Kier alpha value is -8.85.